The average Bonchev–Trinajstić information content (AvgIpc) is 2.86. The molecule has 0 amide bonds. The van der Waals surface area contributed by atoms with Crippen molar-refractivity contribution < 1.29 is 36.2 Å². The van der Waals surface area contributed by atoms with Crippen molar-refractivity contribution in [3.8, 4) is 5.75 Å². The first kappa shape index (κ1) is 30.2. The van der Waals surface area contributed by atoms with Gasteiger partial charge in [-0.05, 0) is 47.2 Å². The summed E-state index contributed by atoms with van der Waals surface area (Å²) >= 11 is 0. The van der Waals surface area contributed by atoms with Crippen LogP contribution in [0, 0.1) is 0 Å². The third-order valence-electron chi connectivity index (χ3n) is 6.23. The zero-order valence-electron chi connectivity index (χ0n) is 21.8. The minimum atomic E-state index is -4.42. The van der Waals surface area contributed by atoms with E-state index in [0.29, 0.717) is 37.4 Å². The molecule has 0 aromatic heterocycles. The topological polar surface area (TPSA) is 83.9 Å². The van der Waals surface area contributed by atoms with Gasteiger partial charge in [0.25, 0.3) is 0 Å². The average molecular weight is 564 g/mol. The maximum Gasteiger partial charge on any atom is 0.416 e. The van der Waals surface area contributed by atoms with E-state index in [1.165, 1.54) is 30.3 Å². The first-order valence-corrected chi connectivity index (χ1v) is 14.3. The van der Waals surface area contributed by atoms with E-state index in [9.17, 15) is 26.4 Å². The maximum absolute atomic E-state index is 13.2. The van der Waals surface area contributed by atoms with Gasteiger partial charge < -0.3 is 9.84 Å². The summed E-state index contributed by atoms with van der Waals surface area (Å²) in [6.07, 6.45) is -3.30. The Morgan fingerprint density at radius 3 is 2.38 bits per heavy atom. The molecular formula is C29H32F3NO5S. The summed E-state index contributed by atoms with van der Waals surface area (Å²) < 4.78 is 69.8. The highest BCUT2D eigenvalue weighted by Crippen LogP contribution is 2.30. The van der Waals surface area contributed by atoms with Crippen molar-refractivity contribution in [3.63, 3.8) is 0 Å². The SMILES string of the molecule is CC(CN(CCCOc1ccc(CC(=O)O)c(S(C)(=O)=O)c1)Cc1cccc(C(F)(F)F)c1)c1ccccc1. The number of rotatable bonds is 13. The van der Waals surface area contributed by atoms with Crippen LogP contribution in [0.2, 0.25) is 0 Å². The molecule has 0 aliphatic carbocycles. The Morgan fingerprint density at radius 2 is 1.74 bits per heavy atom. The fourth-order valence-electron chi connectivity index (χ4n) is 4.37. The highest BCUT2D eigenvalue weighted by molar-refractivity contribution is 7.90. The quantitative estimate of drug-likeness (QED) is 0.264. The van der Waals surface area contributed by atoms with E-state index in [4.69, 9.17) is 9.84 Å². The molecule has 1 unspecified atom stereocenters. The Morgan fingerprint density at radius 1 is 1.03 bits per heavy atom. The van der Waals surface area contributed by atoms with Crippen LogP contribution in [-0.4, -0.2) is 50.3 Å². The Bertz CT molecular complexity index is 1360. The van der Waals surface area contributed by atoms with Crippen molar-refractivity contribution in [2.75, 3.05) is 26.0 Å². The standard InChI is InChI=1S/C29H32F3NO5S/c1-21(23-9-4-3-5-10-23)19-33(20-22-8-6-11-25(16-22)29(30,31)32)14-7-15-38-26-13-12-24(17-28(34)35)27(18-26)39(2,36)37/h3-6,8-13,16,18,21H,7,14-15,17,19-20H2,1-2H3,(H,34,35). The lowest BCUT2D eigenvalue weighted by Crippen LogP contribution is -2.29. The molecule has 0 saturated carbocycles. The van der Waals surface area contributed by atoms with Crippen LogP contribution in [0.4, 0.5) is 13.2 Å². The van der Waals surface area contributed by atoms with Crippen LogP contribution in [0.15, 0.2) is 77.7 Å². The number of ether oxygens (including phenoxy) is 1. The van der Waals surface area contributed by atoms with E-state index < -0.39 is 34.0 Å². The molecule has 0 bridgehead atoms. The smallest absolute Gasteiger partial charge is 0.416 e. The van der Waals surface area contributed by atoms with Crippen LogP contribution in [0.1, 0.15) is 41.5 Å². The van der Waals surface area contributed by atoms with Gasteiger partial charge >= 0.3 is 12.1 Å². The Hall–Kier alpha value is -3.37. The highest BCUT2D eigenvalue weighted by Gasteiger charge is 2.30. The molecule has 0 saturated heterocycles. The monoisotopic (exact) mass is 563 g/mol. The second-order valence-electron chi connectivity index (χ2n) is 9.56. The van der Waals surface area contributed by atoms with Crippen molar-refractivity contribution in [3.05, 3.63) is 95.1 Å². The lowest BCUT2D eigenvalue weighted by Gasteiger charge is -2.26. The number of sulfone groups is 1. The molecule has 0 spiro atoms. The third-order valence-corrected chi connectivity index (χ3v) is 7.41. The third kappa shape index (κ3) is 9.40. The molecule has 3 aromatic carbocycles. The number of carboxylic acids is 1. The van der Waals surface area contributed by atoms with Gasteiger partial charge in [0.1, 0.15) is 5.75 Å². The number of aliphatic carboxylic acids is 1. The number of benzene rings is 3. The largest absolute Gasteiger partial charge is 0.494 e. The second-order valence-corrected chi connectivity index (χ2v) is 11.5. The minimum Gasteiger partial charge on any atom is -0.494 e. The van der Waals surface area contributed by atoms with E-state index >= 15 is 0 Å². The molecule has 0 aliphatic rings. The van der Waals surface area contributed by atoms with Crippen LogP contribution in [-0.2, 0) is 33.8 Å². The zero-order chi connectivity index (χ0) is 28.6. The minimum absolute atomic E-state index is 0.0924. The lowest BCUT2D eigenvalue weighted by molar-refractivity contribution is -0.138. The molecule has 6 nitrogen and oxygen atoms in total. The molecule has 1 N–H and O–H groups in total. The first-order chi connectivity index (χ1) is 18.3. The van der Waals surface area contributed by atoms with Gasteiger partial charge in [-0.3, -0.25) is 9.69 Å². The number of carbonyl (C=O) groups is 1. The van der Waals surface area contributed by atoms with Crippen LogP contribution in [0.25, 0.3) is 0 Å². The Kier molecular flexibility index (Phi) is 10.2. The fourth-order valence-corrected chi connectivity index (χ4v) is 5.32. The Labute approximate surface area is 227 Å². The van der Waals surface area contributed by atoms with Crippen molar-refractivity contribution in [1.29, 1.82) is 0 Å². The second kappa shape index (κ2) is 13.1. The summed E-state index contributed by atoms with van der Waals surface area (Å²) in [7, 11) is -3.67. The van der Waals surface area contributed by atoms with Gasteiger partial charge in [0, 0.05) is 25.9 Å². The highest BCUT2D eigenvalue weighted by atomic mass is 32.2. The van der Waals surface area contributed by atoms with E-state index in [2.05, 4.69) is 11.8 Å². The molecule has 39 heavy (non-hydrogen) atoms. The normalized spacial score (nSPS) is 12.9. The first-order valence-electron chi connectivity index (χ1n) is 12.4. The number of alkyl halides is 3. The van der Waals surface area contributed by atoms with Gasteiger partial charge in [-0.25, -0.2) is 8.42 Å². The van der Waals surface area contributed by atoms with Gasteiger partial charge in [0.2, 0.25) is 0 Å². The Balaban J connectivity index is 1.69. The van der Waals surface area contributed by atoms with E-state index in [1.807, 2.05) is 30.3 Å². The van der Waals surface area contributed by atoms with Gasteiger partial charge in [0.15, 0.2) is 9.84 Å². The van der Waals surface area contributed by atoms with E-state index in [1.54, 1.807) is 6.07 Å². The van der Waals surface area contributed by atoms with E-state index in [0.717, 1.165) is 17.9 Å². The number of halogens is 3. The van der Waals surface area contributed by atoms with Crippen molar-refractivity contribution >= 4 is 15.8 Å². The van der Waals surface area contributed by atoms with Gasteiger partial charge in [0.05, 0.1) is 23.5 Å². The summed E-state index contributed by atoms with van der Waals surface area (Å²) in [5.74, 6) is -0.706. The van der Waals surface area contributed by atoms with Gasteiger partial charge in [-0.2, -0.15) is 13.2 Å². The van der Waals surface area contributed by atoms with Crippen LogP contribution >= 0.6 is 0 Å². The van der Waals surface area contributed by atoms with Crippen LogP contribution in [0.5, 0.6) is 5.75 Å². The summed E-state index contributed by atoms with van der Waals surface area (Å²) in [5.41, 5.74) is 1.17. The number of hydrogen-bond donors (Lipinski definition) is 1. The summed E-state index contributed by atoms with van der Waals surface area (Å²) in [4.78, 5) is 13.1. The van der Waals surface area contributed by atoms with Crippen molar-refractivity contribution in [1.82, 2.24) is 4.90 Å². The predicted octanol–water partition coefficient (Wildman–Crippen LogP) is 5.81. The van der Waals surface area contributed by atoms with Gasteiger partial charge in [-0.15, -0.1) is 0 Å². The molecule has 0 fully saturated rings. The van der Waals surface area contributed by atoms with Crippen LogP contribution < -0.4 is 4.74 Å². The molecule has 0 radical (unpaired) electrons. The molecule has 3 rings (SSSR count). The molecular weight excluding hydrogens is 531 g/mol. The number of hydrogen-bond acceptors (Lipinski definition) is 5. The summed E-state index contributed by atoms with van der Waals surface area (Å²) in [5, 5.41) is 9.06. The van der Waals surface area contributed by atoms with Crippen LogP contribution in [0.3, 0.4) is 0 Å². The summed E-state index contributed by atoms with van der Waals surface area (Å²) in [6, 6.07) is 19.5. The number of nitrogens with zero attached hydrogens (tertiary/aromatic N) is 1. The lowest BCUT2D eigenvalue weighted by atomic mass is 10.00. The fraction of sp³-hybridized carbons (Fsp3) is 0.345. The van der Waals surface area contributed by atoms with E-state index in [-0.39, 0.29) is 23.0 Å². The zero-order valence-corrected chi connectivity index (χ0v) is 22.6. The molecule has 0 heterocycles. The van der Waals surface area contributed by atoms with Crippen molar-refractivity contribution in [2.45, 2.75) is 43.3 Å². The molecule has 10 heteroatoms. The van der Waals surface area contributed by atoms with Crippen molar-refractivity contribution in [2.24, 2.45) is 0 Å². The molecule has 210 valence electrons. The molecule has 3 aromatic rings. The maximum atomic E-state index is 13.2. The number of carboxylic acid groups (broad SMARTS) is 1. The predicted molar refractivity (Wildman–Crippen MR) is 143 cm³/mol. The summed E-state index contributed by atoms with van der Waals surface area (Å²) in [6.45, 7) is 3.77. The molecule has 1 atom stereocenters. The van der Waals surface area contributed by atoms with Gasteiger partial charge in [-0.1, -0.05) is 61.5 Å². The molecule has 0 aliphatic heterocycles.